The van der Waals surface area contributed by atoms with Crippen LogP contribution in [-0.2, 0) is 6.54 Å². The average Bonchev–Trinajstić information content (AvgIpc) is 3.43. The standard InChI is InChI=1S/C28H22ClFN6OS/c1-17-3-5-18(6-4-17)26(37)25-22(16-31)27(36(34-25)21-10-7-19(29)8-11-21)33-13-2-14-35-23-12-9-20(30)15-24(23)38-28(35)32/h3-12,15,32-33H,2,13-14H2,1H3. The molecule has 0 bridgehead atoms. The summed E-state index contributed by atoms with van der Waals surface area (Å²) in [6, 6.07) is 20.7. The van der Waals surface area contributed by atoms with Gasteiger partial charge in [0.2, 0.25) is 5.78 Å². The van der Waals surface area contributed by atoms with Crippen molar-refractivity contribution in [1.82, 2.24) is 14.3 Å². The molecule has 5 aromatic rings. The molecule has 38 heavy (non-hydrogen) atoms. The molecule has 0 aliphatic rings. The first-order valence-corrected chi connectivity index (χ1v) is 13.0. The third-order valence-electron chi connectivity index (χ3n) is 6.11. The molecule has 0 atom stereocenters. The fourth-order valence-electron chi connectivity index (χ4n) is 4.18. The zero-order valence-electron chi connectivity index (χ0n) is 20.3. The number of thiazole rings is 1. The highest BCUT2D eigenvalue weighted by molar-refractivity contribution is 7.16. The van der Waals surface area contributed by atoms with Crippen LogP contribution in [0, 0.1) is 29.5 Å². The van der Waals surface area contributed by atoms with Gasteiger partial charge in [0, 0.05) is 23.7 Å². The first-order chi connectivity index (χ1) is 18.4. The van der Waals surface area contributed by atoms with Crippen LogP contribution in [0.2, 0.25) is 5.02 Å². The number of carbonyl (C=O) groups excluding carboxylic acids is 1. The van der Waals surface area contributed by atoms with Gasteiger partial charge < -0.3 is 9.88 Å². The van der Waals surface area contributed by atoms with Gasteiger partial charge in [0.1, 0.15) is 23.3 Å². The zero-order valence-corrected chi connectivity index (χ0v) is 21.9. The van der Waals surface area contributed by atoms with Crippen molar-refractivity contribution < 1.29 is 9.18 Å². The van der Waals surface area contributed by atoms with Crippen molar-refractivity contribution in [3.8, 4) is 11.8 Å². The molecule has 10 heteroatoms. The number of nitrogens with one attached hydrogen (secondary N) is 2. The van der Waals surface area contributed by atoms with E-state index in [2.05, 4.69) is 16.5 Å². The number of nitriles is 1. The molecule has 0 amide bonds. The number of ketones is 1. The molecule has 2 aromatic heterocycles. The highest BCUT2D eigenvalue weighted by Crippen LogP contribution is 2.27. The summed E-state index contributed by atoms with van der Waals surface area (Å²) in [6.45, 7) is 2.89. The van der Waals surface area contributed by atoms with Crippen molar-refractivity contribution in [3.63, 3.8) is 0 Å². The Hall–Kier alpha value is -4.26. The highest BCUT2D eigenvalue weighted by Gasteiger charge is 2.25. The summed E-state index contributed by atoms with van der Waals surface area (Å²) in [6.07, 6.45) is 0.609. The highest BCUT2D eigenvalue weighted by atomic mass is 35.5. The average molecular weight is 545 g/mol. The van der Waals surface area contributed by atoms with Gasteiger partial charge in [-0.25, -0.2) is 9.07 Å². The van der Waals surface area contributed by atoms with Gasteiger partial charge in [-0.15, -0.1) is 0 Å². The summed E-state index contributed by atoms with van der Waals surface area (Å²) in [7, 11) is 0. The van der Waals surface area contributed by atoms with Gasteiger partial charge in [-0.05, 0) is 55.8 Å². The Balaban J connectivity index is 1.44. The lowest BCUT2D eigenvalue weighted by molar-refractivity contribution is 0.103. The van der Waals surface area contributed by atoms with Crippen LogP contribution in [0.15, 0.2) is 66.7 Å². The lowest BCUT2D eigenvalue weighted by Crippen LogP contribution is -2.16. The number of aryl methyl sites for hydroxylation is 2. The molecule has 7 nitrogen and oxygen atoms in total. The van der Waals surface area contributed by atoms with Crippen LogP contribution in [0.1, 0.15) is 33.6 Å². The van der Waals surface area contributed by atoms with Crippen molar-refractivity contribution in [3.05, 3.63) is 105 Å². The number of hydrogen-bond acceptors (Lipinski definition) is 6. The minimum atomic E-state index is -0.344. The van der Waals surface area contributed by atoms with E-state index in [0.717, 1.165) is 15.8 Å². The molecule has 0 aliphatic carbocycles. The van der Waals surface area contributed by atoms with Crippen LogP contribution in [0.5, 0.6) is 0 Å². The Morgan fingerprint density at radius 3 is 2.61 bits per heavy atom. The largest absolute Gasteiger partial charge is 0.369 e. The Morgan fingerprint density at radius 1 is 1.16 bits per heavy atom. The fourth-order valence-corrected chi connectivity index (χ4v) is 5.27. The van der Waals surface area contributed by atoms with Crippen LogP contribution in [0.4, 0.5) is 10.2 Å². The molecule has 3 aromatic carbocycles. The van der Waals surface area contributed by atoms with Crippen LogP contribution in [0.3, 0.4) is 0 Å². The fraction of sp³-hybridized carbons (Fsp3) is 0.143. The first kappa shape index (κ1) is 25.4. The predicted molar refractivity (Wildman–Crippen MR) is 147 cm³/mol. The Kier molecular flexibility index (Phi) is 7.09. The minimum Gasteiger partial charge on any atom is -0.369 e. The number of benzene rings is 3. The Labute approximate surface area is 226 Å². The molecule has 0 spiro atoms. The molecule has 5 rings (SSSR count). The smallest absolute Gasteiger partial charge is 0.214 e. The lowest BCUT2D eigenvalue weighted by Gasteiger charge is -2.11. The van der Waals surface area contributed by atoms with Gasteiger partial charge in [0.15, 0.2) is 10.5 Å². The second-order valence-corrected chi connectivity index (χ2v) is 10.2. The summed E-state index contributed by atoms with van der Waals surface area (Å²) in [5.74, 6) is -0.273. The maximum atomic E-state index is 13.6. The number of fused-ring (bicyclic) bond motifs is 1. The van der Waals surface area contributed by atoms with Crippen LogP contribution in [0.25, 0.3) is 15.9 Å². The minimum absolute atomic E-state index is 0.0578. The molecule has 0 aliphatic heterocycles. The number of rotatable bonds is 8. The van der Waals surface area contributed by atoms with Crippen molar-refractivity contribution >= 4 is 44.8 Å². The van der Waals surface area contributed by atoms with Crippen LogP contribution < -0.4 is 10.1 Å². The number of anilines is 1. The molecule has 0 saturated heterocycles. The van der Waals surface area contributed by atoms with E-state index in [-0.39, 0.29) is 22.9 Å². The first-order valence-electron chi connectivity index (χ1n) is 11.8. The van der Waals surface area contributed by atoms with Crippen molar-refractivity contribution in [2.45, 2.75) is 19.9 Å². The molecule has 190 valence electrons. The number of carbonyl (C=O) groups is 1. The number of halogens is 2. The molecular weight excluding hydrogens is 523 g/mol. The van der Waals surface area contributed by atoms with E-state index >= 15 is 0 Å². The van der Waals surface area contributed by atoms with E-state index in [1.54, 1.807) is 47.1 Å². The molecular formula is C28H22ClFN6OS. The van der Waals surface area contributed by atoms with Gasteiger partial charge in [-0.2, -0.15) is 10.4 Å². The van der Waals surface area contributed by atoms with Gasteiger partial charge in [0.05, 0.1) is 15.9 Å². The molecule has 0 unspecified atom stereocenters. The maximum absolute atomic E-state index is 13.6. The van der Waals surface area contributed by atoms with Gasteiger partial charge in [-0.1, -0.05) is 52.8 Å². The van der Waals surface area contributed by atoms with Crippen molar-refractivity contribution in [1.29, 1.82) is 10.7 Å². The second-order valence-electron chi connectivity index (χ2n) is 8.72. The number of hydrogen-bond donors (Lipinski definition) is 2. The van der Waals surface area contributed by atoms with E-state index in [9.17, 15) is 14.4 Å². The number of nitrogens with zero attached hydrogens (tertiary/aromatic N) is 4. The van der Waals surface area contributed by atoms with E-state index in [1.807, 2.05) is 23.6 Å². The maximum Gasteiger partial charge on any atom is 0.214 e. The third kappa shape index (κ3) is 4.96. The lowest BCUT2D eigenvalue weighted by atomic mass is 10.0. The van der Waals surface area contributed by atoms with E-state index in [1.165, 1.54) is 23.5 Å². The topological polar surface area (TPSA) is 99.5 Å². The van der Waals surface area contributed by atoms with Gasteiger partial charge >= 0.3 is 0 Å². The van der Waals surface area contributed by atoms with Gasteiger partial charge in [-0.3, -0.25) is 10.2 Å². The van der Waals surface area contributed by atoms with Crippen molar-refractivity contribution in [2.24, 2.45) is 0 Å². The SMILES string of the molecule is Cc1ccc(C(=O)c2nn(-c3ccc(Cl)cc3)c(NCCCn3c(=N)sc4cc(F)ccc43)c2C#N)cc1. The third-order valence-corrected chi connectivity index (χ3v) is 7.33. The zero-order chi connectivity index (χ0) is 26.8. The number of aromatic nitrogens is 3. The molecule has 0 saturated carbocycles. The van der Waals surface area contributed by atoms with Crippen LogP contribution in [-0.4, -0.2) is 26.7 Å². The molecule has 0 fully saturated rings. The van der Waals surface area contributed by atoms with Crippen molar-refractivity contribution in [2.75, 3.05) is 11.9 Å². The summed E-state index contributed by atoms with van der Waals surface area (Å²) >= 11 is 7.29. The van der Waals surface area contributed by atoms with Crippen LogP contribution >= 0.6 is 22.9 Å². The van der Waals surface area contributed by atoms with E-state index < -0.39 is 0 Å². The monoisotopic (exact) mass is 544 g/mol. The summed E-state index contributed by atoms with van der Waals surface area (Å²) in [5.41, 5.74) is 3.12. The molecule has 2 heterocycles. The summed E-state index contributed by atoms with van der Waals surface area (Å²) in [5, 5.41) is 26.7. The van der Waals surface area contributed by atoms with E-state index in [0.29, 0.717) is 46.4 Å². The molecule has 0 radical (unpaired) electrons. The summed E-state index contributed by atoms with van der Waals surface area (Å²) in [4.78, 5) is 13.7. The molecule has 2 N–H and O–H groups in total. The Morgan fingerprint density at radius 2 is 1.89 bits per heavy atom. The second kappa shape index (κ2) is 10.6. The normalized spacial score (nSPS) is 11.0. The predicted octanol–water partition coefficient (Wildman–Crippen LogP) is 6.07. The summed E-state index contributed by atoms with van der Waals surface area (Å²) < 4.78 is 17.7. The van der Waals surface area contributed by atoms with E-state index in [4.69, 9.17) is 17.0 Å². The Bertz CT molecular complexity index is 1750. The van der Waals surface area contributed by atoms with Gasteiger partial charge in [0.25, 0.3) is 0 Å². The quantitative estimate of drug-likeness (QED) is 0.183.